The lowest BCUT2D eigenvalue weighted by Crippen LogP contribution is -2.36. The number of carbonyl (C=O) groups excluding carboxylic acids is 2. The van der Waals surface area contributed by atoms with E-state index in [0.29, 0.717) is 23.6 Å². The maximum absolute atomic E-state index is 13.6. The molecule has 0 fully saturated rings. The van der Waals surface area contributed by atoms with Crippen LogP contribution < -0.4 is 9.64 Å². The molecule has 3 aromatic rings. The highest BCUT2D eigenvalue weighted by molar-refractivity contribution is 5.95. The SMILES string of the molecule is CCOC(=O)c1cc(C)n(CC(=O)N(c2cnn(C)c2)[C@@H](C)c2cccc(OC)c2)c1C. The summed E-state index contributed by atoms with van der Waals surface area (Å²) < 4.78 is 14.0. The van der Waals surface area contributed by atoms with Gasteiger partial charge < -0.3 is 18.9 Å². The van der Waals surface area contributed by atoms with Gasteiger partial charge in [-0.1, -0.05) is 12.1 Å². The number of rotatable bonds is 8. The first-order valence-corrected chi connectivity index (χ1v) is 10.5. The van der Waals surface area contributed by atoms with Crippen LogP contribution in [0.2, 0.25) is 0 Å². The number of methoxy groups -OCH3 is 1. The van der Waals surface area contributed by atoms with E-state index in [1.165, 1.54) is 0 Å². The maximum Gasteiger partial charge on any atom is 0.339 e. The Morgan fingerprint density at radius 1 is 1.22 bits per heavy atom. The number of carbonyl (C=O) groups is 2. The van der Waals surface area contributed by atoms with Crippen LogP contribution in [0.4, 0.5) is 5.69 Å². The first-order valence-electron chi connectivity index (χ1n) is 10.5. The molecular weight excluding hydrogens is 408 g/mol. The molecule has 32 heavy (non-hydrogen) atoms. The smallest absolute Gasteiger partial charge is 0.339 e. The number of ether oxygens (including phenoxy) is 2. The van der Waals surface area contributed by atoms with Gasteiger partial charge in [-0.05, 0) is 51.5 Å². The fourth-order valence-electron chi connectivity index (χ4n) is 3.84. The van der Waals surface area contributed by atoms with E-state index < -0.39 is 0 Å². The molecule has 0 spiro atoms. The summed E-state index contributed by atoms with van der Waals surface area (Å²) in [4.78, 5) is 27.6. The molecule has 0 aliphatic heterocycles. The number of aryl methyl sites for hydroxylation is 2. The third-order valence-electron chi connectivity index (χ3n) is 5.56. The summed E-state index contributed by atoms with van der Waals surface area (Å²) >= 11 is 0. The Morgan fingerprint density at radius 2 is 1.97 bits per heavy atom. The van der Waals surface area contributed by atoms with Gasteiger partial charge in [0.15, 0.2) is 0 Å². The largest absolute Gasteiger partial charge is 0.497 e. The Labute approximate surface area is 188 Å². The third kappa shape index (κ3) is 4.69. The van der Waals surface area contributed by atoms with Crippen LogP contribution in [0.5, 0.6) is 5.75 Å². The van der Waals surface area contributed by atoms with E-state index in [9.17, 15) is 9.59 Å². The number of anilines is 1. The monoisotopic (exact) mass is 438 g/mol. The molecule has 3 rings (SSSR count). The summed E-state index contributed by atoms with van der Waals surface area (Å²) in [5.74, 6) is 0.225. The molecule has 0 saturated carbocycles. The van der Waals surface area contributed by atoms with Crippen LogP contribution in [-0.2, 0) is 23.1 Å². The van der Waals surface area contributed by atoms with E-state index in [4.69, 9.17) is 9.47 Å². The molecule has 2 aromatic heterocycles. The topological polar surface area (TPSA) is 78.6 Å². The van der Waals surface area contributed by atoms with Gasteiger partial charge in [-0.3, -0.25) is 9.48 Å². The fourth-order valence-corrected chi connectivity index (χ4v) is 3.84. The van der Waals surface area contributed by atoms with Crippen molar-refractivity contribution in [3.63, 3.8) is 0 Å². The molecule has 0 unspecified atom stereocenters. The van der Waals surface area contributed by atoms with Crippen LogP contribution in [-0.4, -0.2) is 39.9 Å². The average Bonchev–Trinajstić information content (AvgIpc) is 3.32. The number of esters is 1. The van der Waals surface area contributed by atoms with Crippen molar-refractivity contribution >= 4 is 17.6 Å². The number of nitrogens with zero attached hydrogens (tertiary/aromatic N) is 4. The van der Waals surface area contributed by atoms with E-state index in [-0.39, 0.29) is 24.5 Å². The van der Waals surface area contributed by atoms with Gasteiger partial charge in [0, 0.05) is 24.6 Å². The standard InChI is InChI=1S/C24H30N4O4/c1-7-32-24(30)22-11-16(2)27(18(22)4)15-23(29)28(20-13-25-26(5)14-20)17(3)19-9-8-10-21(12-19)31-6/h8-14,17H,7,15H2,1-6H3/t17-/m0/s1. The summed E-state index contributed by atoms with van der Waals surface area (Å²) in [7, 11) is 3.43. The Hall–Kier alpha value is -3.55. The van der Waals surface area contributed by atoms with Crippen molar-refractivity contribution in [1.29, 1.82) is 0 Å². The first kappa shape index (κ1) is 23.1. The molecule has 1 aromatic carbocycles. The van der Waals surface area contributed by atoms with E-state index in [0.717, 1.165) is 17.0 Å². The highest BCUT2D eigenvalue weighted by atomic mass is 16.5. The molecule has 2 heterocycles. The molecule has 8 nitrogen and oxygen atoms in total. The first-order chi connectivity index (χ1) is 15.3. The van der Waals surface area contributed by atoms with Crippen LogP contribution in [0.3, 0.4) is 0 Å². The van der Waals surface area contributed by atoms with E-state index in [1.807, 2.05) is 62.8 Å². The quantitative estimate of drug-likeness (QED) is 0.500. The van der Waals surface area contributed by atoms with Crippen molar-refractivity contribution in [3.8, 4) is 5.75 Å². The lowest BCUT2D eigenvalue weighted by Gasteiger charge is -2.29. The van der Waals surface area contributed by atoms with E-state index in [1.54, 1.807) is 35.9 Å². The van der Waals surface area contributed by atoms with Crippen molar-refractivity contribution in [2.75, 3.05) is 18.6 Å². The Balaban J connectivity index is 1.96. The molecule has 0 saturated heterocycles. The number of aromatic nitrogens is 3. The second-order valence-electron chi connectivity index (χ2n) is 7.68. The minimum atomic E-state index is -0.381. The van der Waals surface area contributed by atoms with Crippen molar-refractivity contribution < 1.29 is 19.1 Å². The molecule has 0 radical (unpaired) electrons. The molecule has 8 heteroatoms. The van der Waals surface area contributed by atoms with E-state index in [2.05, 4.69) is 5.10 Å². The lowest BCUT2D eigenvalue weighted by atomic mass is 10.1. The van der Waals surface area contributed by atoms with Crippen molar-refractivity contribution in [1.82, 2.24) is 14.3 Å². The van der Waals surface area contributed by atoms with E-state index >= 15 is 0 Å². The molecule has 1 amide bonds. The summed E-state index contributed by atoms with van der Waals surface area (Å²) in [6, 6.07) is 9.17. The van der Waals surface area contributed by atoms with Crippen LogP contribution in [0, 0.1) is 13.8 Å². The van der Waals surface area contributed by atoms with Gasteiger partial charge in [0.05, 0.1) is 37.2 Å². The van der Waals surface area contributed by atoms with Gasteiger partial charge in [-0.15, -0.1) is 0 Å². The molecule has 0 aliphatic carbocycles. The van der Waals surface area contributed by atoms with Gasteiger partial charge in [-0.2, -0.15) is 5.10 Å². The van der Waals surface area contributed by atoms with Gasteiger partial charge in [0.2, 0.25) is 5.91 Å². The molecular formula is C24H30N4O4. The van der Waals surface area contributed by atoms with Crippen LogP contribution in [0.1, 0.15) is 47.2 Å². The van der Waals surface area contributed by atoms with Gasteiger partial charge >= 0.3 is 5.97 Å². The highest BCUT2D eigenvalue weighted by Crippen LogP contribution is 2.29. The van der Waals surface area contributed by atoms with Crippen LogP contribution >= 0.6 is 0 Å². The van der Waals surface area contributed by atoms with Gasteiger partial charge in [0.25, 0.3) is 0 Å². The Morgan fingerprint density at radius 3 is 2.59 bits per heavy atom. The zero-order valence-electron chi connectivity index (χ0n) is 19.5. The van der Waals surface area contributed by atoms with Crippen LogP contribution in [0.25, 0.3) is 0 Å². The predicted molar refractivity (Wildman–Crippen MR) is 122 cm³/mol. The number of hydrogen-bond acceptors (Lipinski definition) is 5. The molecule has 170 valence electrons. The fraction of sp³-hybridized carbons (Fsp3) is 0.375. The second kappa shape index (κ2) is 9.72. The van der Waals surface area contributed by atoms with Gasteiger partial charge in [0.1, 0.15) is 12.3 Å². The second-order valence-corrected chi connectivity index (χ2v) is 7.68. The number of hydrogen-bond donors (Lipinski definition) is 0. The Kier molecular flexibility index (Phi) is 7.02. The zero-order chi connectivity index (χ0) is 23.4. The summed E-state index contributed by atoms with van der Waals surface area (Å²) in [6.45, 7) is 7.83. The number of benzene rings is 1. The van der Waals surface area contributed by atoms with Crippen LogP contribution in [0.15, 0.2) is 42.7 Å². The van der Waals surface area contributed by atoms with Gasteiger partial charge in [-0.25, -0.2) is 4.79 Å². The lowest BCUT2D eigenvalue weighted by molar-refractivity contribution is -0.119. The van der Waals surface area contributed by atoms with Crippen molar-refractivity contribution in [2.45, 2.75) is 40.3 Å². The maximum atomic E-state index is 13.6. The minimum absolute atomic E-state index is 0.0836. The third-order valence-corrected chi connectivity index (χ3v) is 5.56. The average molecular weight is 439 g/mol. The molecule has 0 N–H and O–H groups in total. The predicted octanol–water partition coefficient (Wildman–Crippen LogP) is 3.82. The molecule has 0 aliphatic rings. The van der Waals surface area contributed by atoms with Crippen molar-refractivity contribution in [2.24, 2.45) is 7.05 Å². The molecule has 0 bridgehead atoms. The summed E-state index contributed by atoms with van der Waals surface area (Å²) in [5.41, 5.74) is 3.63. The summed E-state index contributed by atoms with van der Waals surface area (Å²) in [5, 5.41) is 4.25. The minimum Gasteiger partial charge on any atom is -0.497 e. The van der Waals surface area contributed by atoms with Crippen molar-refractivity contribution in [3.05, 3.63) is 65.2 Å². The normalized spacial score (nSPS) is 11.8. The highest BCUT2D eigenvalue weighted by Gasteiger charge is 2.27. The Bertz CT molecular complexity index is 1120. The number of amides is 1. The molecule has 1 atom stereocenters. The zero-order valence-corrected chi connectivity index (χ0v) is 19.5. The summed E-state index contributed by atoms with van der Waals surface area (Å²) in [6.07, 6.45) is 3.49.